The van der Waals surface area contributed by atoms with Crippen molar-refractivity contribution in [3.63, 3.8) is 0 Å². The standard InChI is InChI=1S/C17H17ClN2O3S/c1-23-14-5-4-12(18)11-13(14)16(21)19-6-8-20(9-7-19)17(22)15-3-2-10-24-15/h2-5,10-11H,6-9H2,1H3. The number of thiophene rings is 1. The van der Waals surface area contributed by atoms with E-state index >= 15 is 0 Å². The van der Waals surface area contributed by atoms with E-state index < -0.39 is 0 Å². The van der Waals surface area contributed by atoms with Crippen LogP contribution in [-0.2, 0) is 0 Å². The van der Waals surface area contributed by atoms with E-state index in [1.54, 1.807) is 28.0 Å². The summed E-state index contributed by atoms with van der Waals surface area (Å²) in [4.78, 5) is 29.3. The normalized spacial score (nSPS) is 14.6. The molecule has 0 aliphatic carbocycles. The Labute approximate surface area is 149 Å². The van der Waals surface area contributed by atoms with E-state index in [-0.39, 0.29) is 11.8 Å². The van der Waals surface area contributed by atoms with Crippen LogP contribution < -0.4 is 4.74 Å². The SMILES string of the molecule is COc1ccc(Cl)cc1C(=O)N1CCN(C(=O)c2cccs2)CC1. The lowest BCUT2D eigenvalue weighted by molar-refractivity contribution is 0.0536. The second-order valence-corrected chi connectivity index (χ2v) is 6.79. The minimum absolute atomic E-state index is 0.0254. The van der Waals surface area contributed by atoms with Crippen LogP contribution in [0.25, 0.3) is 0 Å². The molecule has 0 radical (unpaired) electrons. The van der Waals surface area contributed by atoms with E-state index in [9.17, 15) is 9.59 Å². The first-order valence-electron chi connectivity index (χ1n) is 7.55. The van der Waals surface area contributed by atoms with E-state index in [2.05, 4.69) is 0 Å². The van der Waals surface area contributed by atoms with Crippen LogP contribution in [0.1, 0.15) is 20.0 Å². The fraction of sp³-hybridized carbons (Fsp3) is 0.294. The zero-order chi connectivity index (χ0) is 17.1. The summed E-state index contributed by atoms with van der Waals surface area (Å²) in [5.74, 6) is 0.400. The number of amides is 2. The van der Waals surface area contributed by atoms with Crippen molar-refractivity contribution in [2.24, 2.45) is 0 Å². The van der Waals surface area contributed by atoms with Crippen LogP contribution in [0.4, 0.5) is 0 Å². The molecule has 0 unspecified atom stereocenters. The smallest absolute Gasteiger partial charge is 0.264 e. The van der Waals surface area contributed by atoms with E-state index in [1.807, 2.05) is 17.5 Å². The molecule has 3 rings (SSSR count). The number of rotatable bonds is 3. The quantitative estimate of drug-likeness (QED) is 0.841. The van der Waals surface area contributed by atoms with Gasteiger partial charge in [0.05, 0.1) is 17.6 Å². The molecule has 1 aliphatic heterocycles. The van der Waals surface area contributed by atoms with Crippen LogP contribution in [-0.4, -0.2) is 54.9 Å². The lowest BCUT2D eigenvalue weighted by Crippen LogP contribution is -2.50. The lowest BCUT2D eigenvalue weighted by Gasteiger charge is -2.34. The number of hydrogen-bond acceptors (Lipinski definition) is 4. The fourth-order valence-electron chi connectivity index (χ4n) is 2.69. The van der Waals surface area contributed by atoms with Crippen LogP contribution >= 0.6 is 22.9 Å². The molecule has 0 spiro atoms. The largest absolute Gasteiger partial charge is 0.496 e. The van der Waals surface area contributed by atoms with Gasteiger partial charge < -0.3 is 14.5 Å². The van der Waals surface area contributed by atoms with Crippen molar-refractivity contribution >= 4 is 34.8 Å². The molecule has 2 amide bonds. The van der Waals surface area contributed by atoms with Gasteiger partial charge in [-0.15, -0.1) is 11.3 Å². The van der Waals surface area contributed by atoms with Crippen molar-refractivity contribution in [2.45, 2.75) is 0 Å². The summed E-state index contributed by atoms with van der Waals surface area (Å²) in [5.41, 5.74) is 0.447. The van der Waals surface area contributed by atoms with E-state index in [0.717, 1.165) is 4.88 Å². The second kappa shape index (κ2) is 7.23. The zero-order valence-corrected chi connectivity index (χ0v) is 14.8. The Morgan fingerprint density at radius 1 is 1.08 bits per heavy atom. The minimum atomic E-state index is -0.127. The van der Waals surface area contributed by atoms with Gasteiger partial charge in [0.2, 0.25) is 0 Å². The van der Waals surface area contributed by atoms with E-state index in [0.29, 0.717) is 42.5 Å². The maximum Gasteiger partial charge on any atom is 0.264 e. The molecule has 2 aromatic rings. The summed E-state index contributed by atoms with van der Waals surface area (Å²) in [5, 5.41) is 2.38. The van der Waals surface area contributed by atoms with Gasteiger partial charge in [0.15, 0.2) is 0 Å². The molecule has 1 fully saturated rings. The minimum Gasteiger partial charge on any atom is -0.496 e. The van der Waals surface area contributed by atoms with Crippen LogP contribution in [0.2, 0.25) is 5.02 Å². The zero-order valence-electron chi connectivity index (χ0n) is 13.2. The summed E-state index contributed by atoms with van der Waals surface area (Å²) in [6, 6.07) is 8.68. The van der Waals surface area contributed by atoms with Crippen LogP contribution in [0.5, 0.6) is 5.75 Å². The van der Waals surface area contributed by atoms with Gasteiger partial charge in [-0.3, -0.25) is 9.59 Å². The molecule has 1 saturated heterocycles. The molecule has 2 heterocycles. The second-order valence-electron chi connectivity index (χ2n) is 5.41. The van der Waals surface area contributed by atoms with Gasteiger partial charge in [-0.05, 0) is 29.6 Å². The number of carbonyl (C=O) groups is 2. The van der Waals surface area contributed by atoms with Gasteiger partial charge in [0.25, 0.3) is 11.8 Å². The molecule has 0 bridgehead atoms. The first kappa shape index (κ1) is 16.8. The first-order chi connectivity index (χ1) is 11.6. The molecule has 0 saturated carbocycles. The van der Waals surface area contributed by atoms with Crippen molar-refractivity contribution < 1.29 is 14.3 Å². The molecule has 0 atom stereocenters. The van der Waals surface area contributed by atoms with Gasteiger partial charge in [-0.2, -0.15) is 0 Å². The van der Waals surface area contributed by atoms with Gasteiger partial charge >= 0.3 is 0 Å². The molecule has 1 aromatic carbocycles. The number of carbonyl (C=O) groups excluding carboxylic acids is 2. The molecule has 0 N–H and O–H groups in total. The van der Waals surface area contributed by atoms with Gasteiger partial charge in [-0.25, -0.2) is 0 Å². The molecule has 1 aliphatic rings. The first-order valence-corrected chi connectivity index (χ1v) is 8.81. The maximum absolute atomic E-state index is 12.7. The number of methoxy groups -OCH3 is 1. The van der Waals surface area contributed by atoms with E-state index in [1.165, 1.54) is 18.4 Å². The van der Waals surface area contributed by atoms with Crippen molar-refractivity contribution in [2.75, 3.05) is 33.3 Å². The molecule has 1 aromatic heterocycles. The number of benzene rings is 1. The summed E-state index contributed by atoms with van der Waals surface area (Å²) in [6.45, 7) is 2.02. The predicted molar refractivity (Wildman–Crippen MR) is 94.1 cm³/mol. The number of piperazine rings is 1. The molecular weight excluding hydrogens is 348 g/mol. The summed E-state index contributed by atoms with van der Waals surface area (Å²) in [7, 11) is 1.53. The van der Waals surface area contributed by atoms with Crippen molar-refractivity contribution in [3.05, 3.63) is 51.2 Å². The fourth-order valence-corrected chi connectivity index (χ4v) is 3.55. The van der Waals surface area contributed by atoms with Gasteiger partial charge in [0, 0.05) is 31.2 Å². The van der Waals surface area contributed by atoms with E-state index in [4.69, 9.17) is 16.3 Å². The van der Waals surface area contributed by atoms with Crippen LogP contribution in [0.3, 0.4) is 0 Å². The summed E-state index contributed by atoms with van der Waals surface area (Å²) >= 11 is 7.43. The average Bonchev–Trinajstić information content (AvgIpc) is 3.15. The van der Waals surface area contributed by atoms with Crippen molar-refractivity contribution in [3.8, 4) is 5.75 Å². The summed E-state index contributed by atoms with van der Waals surface area (Å²) < 4.78 is 5.25. The third-order valence-corrected chi connectivity index (χ3v) is 5.07. The monoisotopic (exact) mass is 364 g/mol. The molecule has 7 heteroatoms. The molecule has 24 heavy (non-hydrogen) atoms. The Bertz CT molecular complexity index is 740. The Balaban J connectivity index is 1.67. The topological polar surface area (TPSA) is 49.9 Å². The average molecular weight is 365 g/mol. The highest BCUT2D eigenvalue weighted by Crippen LogP contribution is 2.24. The van der Waals surface area contributed by atoms with Gasteiger partial charge in [-0.1, -0.05) is 17.7 Å². The summed E-state index contributed by atoms with van der Waals surface area (Å²) in [6.07, 6.45) is 0. The Kier molecular flexibility index (Phi) is 5.06. The van der Waals surface area contributed by atoms with Crippen LogP contribution in [0, 0.1) is 0 Å². The Morgan fingerprint density at radius 2 is 1.75 bits per heavy atom. The maximum atomic E-state index is 12.7. The molecule has 126 valence electrons. The molecule has 5 nitrogen and oxygen atoms in total. The third-order valence-electron chi connectivity index (χ3n) is 3.98. The number of ether oxygens (including phenoxy) is 1. The predicted octanol–water partition coefficient (Wildman–Crippen LogP) is 3.01. The molecular formula is C17H17ClN2O3S. The highest BCUT2D eigenvalue weighted by atomic mass is 35.5. The Hall–Kier alpha value is -2.05. The number of nitrogens with zero attached hydrogens (tertiary/aromatic N) is 2. The highest BCUT2D eigenvalue weighted by molar-refractivity contribution is 7.12. The highest BCUT2D eigenvalue weighted by Gasteiger charge is 2.27. The number of hydrogen-bond donors (Lipinski definition) is 0. The van der Waals surface area contributed by atoms with Crippen molar-refractivity contribution in [1.29, 1.82) is 0 Å². The van der Waals surface area contributed by atoms with Gasteiger partial charge in [0.1, 0.15) is 5.75 Å². The third kappa shape index (κ3) is 3.39. The van der Waals surface area contributed by atoms with Crippen LogP contribution in [0.15, 0.2) is 35.7 Å². The number of halogens is 1. The van der Waals surface area contributed by atoms with Crippen molar-refractivity contribution in [1.82, 2.24) is 9.80 Å². The lowest BCUT2D eigenvalue weighted by atomic mass is 10.1. The Morgan fingerprint density at radius 3 is 2.33 bits per heavy atom.